The second-order valence-electron chi connectivity index (χ2n) is 15.6. The van der Waals surface area contributed by atoms with Crippen molar-refractivity contribution in [1.29, 1.82) is 0 Å². The first-order chi connectivity index (χ1) is 26.3. The second kappa shape index (κ2) is 17.4. The van der Waals surface area contributed by atoms with Crippen LogP contribution in [0.5, 0.6) is 0 Å². The lowest BCUT2D eigenvalue weighted by atomic mass is 9.91. The van der Waals surface area contributed by atoms with Gasteiger partial charge in [-0.3, -0.25) is 14.4 Å². The van der Waals surface area contributed by atoms with Crippen LogP contribution in [0.1, 0.15) is 88.6 Å². The van der Waals surface area contributed by atoms with Gasteiger partial charge >= 0.3 is 24.1 Å². The Labute approximate surface area is 322 Å². The van der Waals surface area contributed by atoms with Crippen LogP contribution in [-0.4, -0.2) is 107 Å². The predicted octanol–water partition coefficient (Wildman–Crippen LogP) is 3.43. The Bertz CT molecular complexity index is 1680. The number of carbonyl (C=O) groups excluding carboxylic acids is 5. The summed E-state index contributed by atoms with van der Waals surface area (Å²) in [6.07, 6.45) is -2.16. The van der Waals surface area contributed by atoms with Gasteiger partial charge in [-0.05, 0) is 83.6 Å². The second-order valence-corrected chi connectivity index (χ2v) is 15.6. The molecule has 0 aromatic heterocycles. The molecule has 56 heavy (non-hydrogen) atoms. The number of amides is 2. The van der Waals surface area contributed by atoms with Gasteiger partial charge in [0.05, 0.1) is 24.3 Å². The number of hydrogen-bond donors (Lipinski definition) is 4. The van der Waals surface area contributed by atoms with E-state index in [9.17, 15) is 47.4 Å². The summed E-state index contributed by atoms with van der Waals surface area (Å²) in [5.74, 6) is -4.96. The van der Waals surface area contributed by atoms with Crippen LogP contribution in [-0.2, 0) is 42.9 Å². The van der Waals surface area contributed by atoms with Crippen molar-refractivity contribution in [1.82, 2.24) is 10.6 Å². The molecule has 1 heterocycles. The van der Waals surface area contributed by atoms with Crippen molar-refractivity contribution in [3.63, 3.8) is 0 Å². The van der Waals surface area contributed by atoms with E-state index in [0.29, 0.717) is 0 Å². The van der Waals surface area contributed by atoms with E-state index in [0.717, 1.165) is 37.8 Å². The van der Waals surface area contributed by atoms with Crippen LogP contribution in [0.2, 0.25) is 0 Å². The summed E-state index contributed by atoms with van der Waals surface area (Å²) in [5.41, 5.74) is -0.527. The molecule has 0 spiro atoms. The molecule has 2 amide bonds. The van der Waals surface area contributed by atoms with Gasteiger partial charge in [-0.2, -0.15) is 13.2 Å². The summed E-state index contributed by atoms with van der Waals surface area (Å²) >= 11 is 0. The molecule has 1 aromatic rings. The highest BCUT2D eigenvalue weighted by atomic mass is 19.4. The SMILES string of the molecule is CC(O)C(NC(=O)C1=CC2OC(C3CC3)(C3CC3)OC2C(OC(=O)c2ccccc2C=CC(=O)OCC(F)(F)F)C1)C(=O)NC(CO)CCC(=O)OC(C)(C)C. The maximum absolute atomic E-state index is 13.8. The van der Waals surface area contributed by atoms with Gasteiger partial charge in [-0.25, -0.2) is 9.59 Å². The van der Waals surface area contributed by atoms with Crippen LogP contribution < -0.4 is 10.6 Å². The summed E-state index contributed by atoms with van der Waals surface area (Å²) < 4.78 is 66.2. The zero-order chi connectivity index (χ0) is 41.0. The van der Waals surface area contributed by atoms with Gasteiger partial charge in [-0.1, -0.05) is 18.2 Å². The molecule has 14 nitrogen and oxygen atoms in total. The van der Waals surface area contributed by atoms with Crippen molar-refractivity contribution >= 4 is 35.8 Å². The fourth-order valence-corrected chi connectivity index (χ4v) is 6.78. The van der Waals surface area contributed by atoms with E-state index in [1.54, 1.807) is 32.9 Å². The number of carbonyl (C=O) groups is 5. The fraction of sp³-hybridized carbons (Fsp3) is 0.615. The molecule has 1 aliphatic heterocycles. The molecule has 6 atom stereocenters. The Morgan fingerprint density at radius 3 is 2.27 bits per heavy atom. The third-order valence-electron chi connectivity index (χ3n) is 9.65. The van der Waals surface area contributed by atoms with Crippen molar-refractivity contribution in [2.45, 2.75) is 127 Å². The summed E-state index contributed by atoms with van der Waals surface area (Å²) in [4.78, 5) is 65.0. The molecule has 4 aliphatic rings. The smallest absolute Gasteiger partial charge is 0.422 e. The van der Waals surface area contributed by atoms with Crippen LogP contribution in [0.25, 0.3) is 6.08 Å². The molecule has 3 aliphatic carbocycles. The van der Waals surface area contributed by atoms with Crippen molar-refractivity contribution in [2.24, 2.45) is 11.8 Å². The molecule has 6 unspecified atom stereocenters. The Hall–Kier alpha value is -4.32. The molecule has 0 radical (unpaired) electrons. The molecule has 4 N–H and O–H groups in total. The van der Waals surface area contributed by atoms with Gasteiger partial charge in [0.25, 0.3) is 0 Å². The first-order valence-corrected chi connectivity index (χ1v) is 18.7. The first kappa shape index (κ1) is 42.8. The van der Waals surface area contributed by atoms with Crippen molar-refractivity contribution in [3.05, 3.63) is 53.1 Å². The highest BCUT2D eigenvalue weighted by Gasteiger charge is 2.64. The molecular weight excluding hydrogens is 745 g/mol. The molecule has 1 saturated heterocycles. The Balaban J connectivity index is 1.31. The Kier molecular flexibility index (Phi) is 13.3. The van der Waals surface area contributed by atoms with Crippen LogP contribution in [0.3, 0.4) is 0 Å². The number of aliphatic hydroxyl groups is 2. The number of hydrogen-bond acceptors (Lipinski definition) is 12. The number of ether oxygens (including phenoxy) is 5. The van der Waals surface area contributed by atoms with E-state index in [4.69, 9.17) is 18.9 Å². The summed E-state index contributed by atoms with van der Waals surface area (Å²) in [5, 5.41) is 25.5. The van der Waals surface area contributed by atoms with Crippen LogP contribution in [0.15, 0.2) is 42.0 Å². The van der Waals surface area contributed by atoms with Crippen molar-refractivity contribution < 1.29 is 71.0 Å². The summed E-state index contributed by atoms with van der Waals surface area (Å²) in [6, 6.07) is 3.54. The monoisotopic (exact) mass is 794 g/mol. The van der Waals surface area contributed by atoms with E-state index in [2.05, 4.69) is 15.4 Å². The van der Waals surface area contributed by atoms with Crippen molar-refractivity contribution in [3.8, 4) is 0 Å². The quantitative estimate of drug-likeness (QED) is 0.108. The maximum atomic E-state index is 13.8. The van der Waals surface area contributed by atoms with Crippen LogP contribution in [0.4, 0.5) is 13.2 Å². The third-order valence-corrected chi connectivity index (χ3v) is 9.65. The van der Waals surface area contributed by atoms with Gasteiger partial charge in [0.1, 0.15) is 30.0 Å². The Morgan fingerprint density at radius 2 is 1.68 bits per heavy atom. The molecule has 5 rings (SSSR count). The summed E-state index contributed by atoms with van der Waals surface area (Å²) in [7, 11) is 0. The predicted molar refractivity (Wildman–Crippen MR) is 190 cm³/mol. The van der Waals surface area contributed by atoms with Gasteiger partial charge in [0, 0.05) is 36.3 Å². The average Bonchev–Trinajstić information content (AvgIpc) is 4.06. The highest BCUT2D eigenvalue weighted by Crippen LogP contribution is 2.59. The molecule has 3 fully saturated rings. The van der Waals surface area contributed by atoms with Gasteiger partial charge in [-0.15, -0.1) is 0 Å². The molecule has 1 aromatic carbocycles. The highest BCUT2D eigenvalue weighted by molar-refractivity contribution is 5.98. The van der Waals surface area contributed by atoms with E-state index in [-0.39, 0.29) is 47.8 Å². The van der Waals surface area contributed by atoms with E-state index in [1.165, 1.54) is 25.1 Å². The number of benzene rings is 1. The number of alkyl halides is 3. The number of nitrogens with one attached hydrogen (secondary N) is 2. The molecule has 308 valence electrons. The Morgan fingerprint density at radius 1 is 1.02 bits per heavy atom. The minimum atomic E-state index is -4.72. The van der Waals surface area contributed by atoms with Crippen LogP contribution >= 0.6 is 0 Å². The van der Waals surface area contributed by atoms with Gasteiger partial charge in [0.15, 0.2) is 12.4 Å². The van der Waals surface area contributed by atoms with Crippen molar-refractivity contribution in [2.75, 3.05) is 13.2 Å². The number of fused-ring (bicyclic) bond motifs is 1. The third kappa shape index (κ3) is 11.4. The lowest BCUT2D eigenvalue weighted by Crippen LogP contribution is -2.55. The van der Waals surface area contributed by atoms with Gasteiger partial charge in [0.2, 0.25) is 11.8 Å². The molecular formula is C39H49F3N2O12. The lowest BCUT2D eigenvalue weighted by Gasteiger charge is -2.32. The standard InChI is InChI=1S/C39H49F3N2O12/c1-21(46)32(35(50)43-26(19-45)14-16-31(48)55-37(2,3)4)44-34(49)23-17-28(33-29(18-23)54-39(56-33,24-10-11-24)25-12-13-25)53-36(51)27-8-6-5-7-22(27)9-15-30(47)52-20-38(40,41)42/h5-9,15,18,21,24-26,28-29,32-33,45-46H,10-14,16-17,19-20H2,1-4H3,(H,43,50)(H,44,49). The van der Waals surface area contributed by atoms with E-state index >= 15 is 0 Å². The number of rotatable bonds is 16. The normalized spacial score (nSPS) is 23.6. The fourth-order valence-electron chi connectivity index (χ4n) is 6.78. The lowest BCUT2D eigenvalue weighted by molar-refractivity contribution is -0.209. The largest absolute Gasteiger partial charge is 0.460 e. The summed E-state index contributed by atoms with van der Waals surface area (Å²) in [6.45, 7) is 4.11. The minimum absolute atomic E-state index is 0.0288. The minimum Gasteiger partial charge on any atom is -0.460 e. The van der Waals surface area contributed by atoms with E-state index < -0.39 is 97.0 Å². The van der Waals surface area contributed by atoms with Crippen LogP contribution in [0, 0.1) is 11.8 Å². The number of halogens is 3. The molecule has 0 bridgehead atoms. The average molecular weight is 795 g/mol. The van der Waals surface area contributed by atoms with Gasteiger partial charge < -0.3 is 44.5 Å². The maximum Gasteiger partial charge on any atom is 0.422 e. The topological polar surface area (TPSA) is 196 Å². The molecule has 17 heteroatoms. The first-order valence-electron chi connectivity index (χ1n) is 18.7. The zero-order valence-corrected chi connectivity index (χ0v) is 31.6. The number of esters is 3. The van der Waals surface area contributed by atoms with E-state index in [1.807, 2.05) is 0 Å². The molecule has 2 saturated carbocycles. The zero-order valence-electron chi connectivity index (χ0n) is 31.6. The number of aliphatic hydroxyl groups excluding tert-OH is 2.